The maximum atomic E-state index is 12.4. The van der Waals surface area contributed by atoms with Crippen molar-refractivity contribution in [3.63, 3.8) is 0 Å². The average Bonchev–Trinajstić information content (AvgIpc) is 3.02. The second-order valence-corrected chi connectivity index (χ2v) is 5.67. The maximum absolute atomic E-state index is 12.4. The van der Waals surface area contributed by atoms with Crippen LogP contribution in [0.5, 0.6) is 0 Å². The van der Waals surface area contributed by atoms with Gasteiger partial charge in [-0.2, -0.15) is 0 Å². The number of carbonyl (C=O) groups excluding carboxylic acids is 2. The number of nitrogens with two attached hydrogens (primary N) is 1. The van der Waals surface area contributed by atoms with Gasteiger partial charge in [-0.15, -0.1) is 11.3 Å². The Bertz CT molecular complexity index is 582. The van der Waals surface area contributed by atoms with Crippen molar-refractivity contribution in [2.75, 3.05) is 13.1 Å². The molecule has 1 heterocycles. The zero-order valence-corrected chi connectivity index (χ0v) is 12.5. The third-order valence-corrected chi connectivity index (χ3v) is 4.02. The molecule has 0 aliphatic rings. The minimum Gasteiger partial charge on any atom is -0.370 e. The molecule has 0 bridgehead atoms. The largest absolute Gasteiger partial charge is 0.370 e. The van der Waals surface area contributed by atoms with Gasteiger partial charge in [-0.1, -0.05) is 36.4 Å². The van der Waals surface area contributed by atoms with Crippen molar-refractivity contribution in [1.82, 2.24) is 4.90 Å². The Morgan fingerprint density at radius 3 is 2.43 bits per heavy atom. The molecule has 0 aliphatic heterocycles. The van der Waals surface area contributed by atoms with Gasteiger partial charge < -0.3 is 10.6 Å². The van der Waals surface area contributed by atoms with Gasteiger partial charge in [0.1, 0.15) is 0 Å². The molecule has 0 saturated heterocycles. The third-order valence-electron chi connectivity index (χ3n) is 3.16. The molecule has 21 heavy (non-hydrogen) atoms. The number of benzene rings is 1. The molecule has 5 heteroatoms. The van der Waals surface area contributed by atoms with Gasteiger partial charge in [0.15, 0.2) is 0 Å². The highest BCUT2D eigenvalue weighted by Gasteiger charge is 2.17. The first-order valence-corrected chi connectivity index (χ1v) is 7.70. The fourth-order valence-electron chi connectivity index (χ4n) is 2.02. The third kappa shape index (κ3) is 4.72. The summed E-state index contributed by atoms with van der Waals surface area (Å²) in [5, 5.41) is 1.87. The lowest BCUT2D eigenvalue weighted by Crippen LogP contribution is -2.35. The minimum absolute atomic E-state index is 0.0396. The van der Waals surface area contributed by atoms with E-state index in [2.05, 4.69) is 0 Å². The normalized spacial score (nSPS) is 10.3. The summed E-state index contributed by atoms with van der Waals surface area (Å²) in [6.45, 7) is 0.937. The van der Waals surface area contributed by atoms with Gasteiger partial charge in [-0.25, -0.2) is 0 Å². The van der Waals surface area contributed by atoms with Gasteiger partial charge in [0.05, 0.1) is 4.88 Å². The van der Waals surface area contributed by atoms with Crippen LogP contribution in [0, 0.1) is 0 Å². The van der Waals surface area contributed by atoms with Gasteiger partial charge >= 0.3 is 0 Å². The second kappa shape index (κ2) is 7.59. The molecule has 1 aromatic heterocycles. The first-order chi connectivity index (χ1) is 10.2. The Balaban J connectivity index is 2.01. The van der Waals surface area contributed by atoms with E-state index in [1.54, 1.807) is 11.0 Å². The summed E-state index contributed by atoms with van der Waals surface area (Å²) >= 11 is 1.41. The molecule has 2 N–H and O–H groups in total. The summed E-state index contributed by atoms with van der Waals surface area (Å²) in [4.78, 5) is 25.8. The molecule has 0 saturated carbocycles. The van der Waals surface area contributed by atoms with E-state index in [0.717, 1.165) is 6.42 Å². The zero-order valence-electron chi connectivity index (χ0n) is 11.7. The molecule has 1 aromatic carbocycles. The molecule has 2 amide bonds. The lowest BCUT2D eigenvalue weighted by molar-refractivity contribution is -0.118. The van der Waals surface area contributed by atoms with Crippen molar-refractivity contribution >= 4 is 23.2 Å². The average molecular weight is 302 g/mol. The number of hydrogen-bond donors (Lipinski definition) is 1. The predicted octanol–water partition coefficient (Wildman–Crippen LogP) is 2.31. The first-order valence-electron chi connectivity index (χ1n) is 6.82. The number of hydrogen-bond acceptors (Lipinski definition) is 3. The molecule has 0 aliphatic carbocycles. The number of carbonyl (C=O) groups is 2. The number of primary amides is 1. The van der Waals surface area contributed by atoms with Crippen molar-refractivity contribution in [2.24, 2.45) is 5.73 Å². The molecule has 0 spiro atoms. The topological polar surface area (TPSA) is 63.4 Å². The molecule has 4 nitrogen and oxygen atoms in total. The molecule has 0 atom stereocenters. The molecule has 2 aromatic rings. The monoisotopic (exact) mass is 302 g/mol. The summed E-state index contributed by atoms with van der Waals surface area (Å²) < 4.78 is 0. The Labute approximate surface area is 128 Å². The lowest BCUT2D eigenvalue weighted by atomic mass is 10.1. The van der Waals surface area contributed by atoms with Crippen LogP contribution >= 0.6 is 11.3 Å². The number of thiophene rings is 1. The van der Waals surface area contributed by atoms with E-state index in [1.165, 1.54) is 16.9 Å². The van der Waals surface area contributed by atoms with Crippen molar-refractivity contribution in [2.45, 2.75) is 12.8 Å². The fourth-order valence-corrected chi connectivity index (χ4v) is 2.72. The van der Waals surface area contributed by atoms with E-state index in [9.17, 15) is 9.59 Å². The van der Waals surface area contributed by atoms with Crippen LogP contribution in [0.25, 0.3) is 0 Å². The van der Waals surface area contributed by atoms with E-state index in [4.69, 9.17) is 5.73 Å². The van der Waals surface area contributed by atoms with Gasteiger partial charge in [-0.3, -0.25) is 9.59 Å². The Morgan fingerprint density at radius 1 is 1.05 bits per heavy atom. The highest BCUT2D eigenvalue weighted by atomic mass is 32.1. The second-order valence-electron chi connectivity index (χ2n) is 4.72. The van der Waals surface area contributed by atoms with Crippen LogP contribution in [0.4, 0.5) is 0 Å². The molecule has 0 radical (unpaired) electrons. The zero-order chi connectivity index (χ0) is 15.1. The molecule has 0 fully saturated rings. The first kappa shape index (κ1) is 15.3. The summed E-state index contributed by atoms with van der Waals surface area (Å²) in [6.07, 6.45) is 0.947. The van der Waals surface area contributed by atoms with Crippen LogP contribution in [0.2, 0.25) is 0 Å². The lowest BCUT2D eigenvalue weighted by Gasteiger charge is -2.21. The van der Waals surface area contributed by atoms with E-state index in [1.807, 2.05) is 41.8 Å². The van der Waals surface area contributed by atoms with Crippen molar-refractivity contribution < 1.29 is 9.59 Å². The maximum Gasteiger partial charge on any atom is 0.263 e. The summed E-state index contributed by atoms with van der Waals surface area (Å²) in [5.41, 5.74) is 6.36. The highest BCUT2D eigenvalue weighted by molar-refractivity contribution is 7.12. The van der Waals surface area contributed by atoms with Gasteiger partial charge in [0.25, 0.3) is 5.91 Å². The molecular weight excluding hydrogens is 284 g/mol. The van der Waals surface area contributed by atoms with Crippen molar-refractivity contribution in [1.29, 1.82) is 0 Å². The Morgan fingerprint density at radius 2 is 1.81 bits per heavy atom. The van der Waals surface area contributed by atoms with Crippen LogP contribution in [0.1, 0.15) is 21.7 Å². The van der Waals surface area contributed by atoms with Crippen LogP contribution < -0.4 is 5.73 Å². The number of amides is 2. The molecule has 0 unspecified atom stereocenters. The predicted molar refractivity (Wildman–Crippen MR) is 84.2 cm³/mol. The SMILES string of the molecule is NC(=O)CCN(CCc1ccccc1)C(=O)c1cccs1. The van der Waals surface area contributed by atoms with Gasteiger partial charge in [-0.05, 0) is 23.4 Å². The molecular formula is C16H18N2O2S. The van der Waals surface area contributed by atoms with Crippen molar-refractivity contribution in [3.8, 4) is 0 Å². The summed E-state index contributed by atoms with van der Waals surface area (Å²) in [7, 11) is 0. The van der Waals surface area contributed by atoms with E-state index in [0.29, 0.717) is 18.0 Å². The quantitative estimate of drug-likeness (QED) is 0.853. The number of rotatable bonds is 7. The molecule has 110 valence electrons. The van der Waals surface area contributed by atoms with E-state index in [-0.39, 0.29) is 12.3 Å². The Hall–Kier alpha value is -2.14. The van der Waals surface area contributed by atoms with Crippen LogP contribution in [0.15, 0.2) is 47.8 Å². The Kier molecular flexibility index (Phi) is 5.51. The van der Waals surface area contributed by atoms with Crippen molar-refractivity contribution in [3.05, 3.63) is 58.3 Å². The van der Waals surface area contributed by atoms with Crippen LogP contribution in [-0.2, 0) is 11.2 Å². The van der Waals surface area contributed by atoms with Gasteiger partial charge in [0.2, 0.25) is 5.91 Å². The number of nitrogens with zero attached hydrogens (tertiary/aromatic N) is 1. The summed E-state index contributed by atoms with van der Waals surface area (Å²) in [6, 6.07) is 13.6. The van der Waals surface area contributed by atoms with Crippen LogP contribution in [0.3, 0.4) is 0 Å². The smallest absolute Gasteiger partial charge is 0.263 e. The molecule has 2 rings (SSSR count). The standard InChI is InChI=1S/C16H18N2O2S/c17-15(19)9-11-18(16(20)14-7-4-12-21-14)10-8-13-5-2-1-3-6-13/h1-7,12H,8-11H2,(H2,17,19). The highest BCUT2D eigenvalue weighted by Crippen LogP contribution is 2.13. The van der Waals surface area contributed by atoms with E-state index >= 15 is 0 Å². The van der Waals surface area contributed by atoms with E-state index < -0.39 is 5.91 Å². The summed E-state index contributed by atoms with van der Waals surface area (Å²) in [5.74, 6) is -0.430. The van der Waals surface area contributed by atoms with Gasteiger partial charge in [0, 0.05) is 19.5 Å². The fraction of sp³-hybridized carbons (Fsp3) is 0.250. The minimum atomic E-state index is -0.390. The van der Waals surface area contributed by atoms with Crippen LogP contribution in [-0.4, -0.2) is 29.8 Å².